The van der Waals surface area contributed by atoms with Crippen LogP contribution in [0.3, 0.4) is 0 Å². The minimum absolute atomic E-state index is 0.0845. The van der Waals surface area contributed by atoms with Crippen LogP contribution in [0.4, 0.5) is 0 Å². The van der Waals surface area contributed by atoms with Gasteiger partial charge < -0.3 is 19.2 Å². The van der Waals surface area contributed by atoms with Crippen LogP contribution in [-0.4, -0.2) is 66.4 Å². The van der Waals surface area contributed by atoms with Gasteiger partial charge in [-0.25, -0.2) is 8.42 Å². The SMILES string of the molecule is CC[N+](CCO)(CCO)CS(=O)(=O)[O-]. The average Bonchev–Trinajstić information content (AvgIpc) is 2.02. The van der Waals surface area contributed by atoms with Gasteiger partial charge in [0.15, 0.2) is 5.88 Å². The van der Waals surface area contributed by atoms with Crippen molar-refractivity contribution in [1.82, 2.24) is 0 Å². The molecule has 0 aromatic carbocycles. The van der Waals surface area contributed by atoms with E-state index in [4.69, 9.17) is 10.2 Å². The van der Waals surface area contributed by atoms with Gasteiger partial charge in [0.05, 0.1) is 19.8 Å². The molecule has 0 rings (SSSR count). The van der Waals surface area contributed by atoms with Gasteiger partial charge >= 0.3 is 0 Å². The third-order valence-electron chi connectivity index (χ3n) is 2.25. The predicted molar refractivity (Wildman–Crippen MR) is 49.3 cm³/mol. The Hall–Kier alpha value is -0.210. The van der Waals surface area contributed by atoms with E-state index in [9.17, 15) is 13.0 Å². The molecule has 0 radical (unpaired) electrons. The van der Waals surface area contributed by atoms with Gasteiger partial charge in [-0.15, -0.1) is 0 Å². The van der Waals surface area contributed by atoms with E-state index >= 15 is 0 Å². The molecular weight excluding hydrogens is 210 g/mol. The maximum absolute atomic E-state index is 10.6. The molecule has 0 spiro atoms. The van der Waals surface area contributed by atoms with Crippen LogP contribution < -0.4 is 0 Å². The Balaban J connectivity index is 4.65. The van der Waals surface area contributed by atoms with Gasteiger partial charge in [-0.1, -0.05) is 0 Å². The zero-order valence-corrected chi connectivity index (χ0v) is 9.03. The second kappa shape index (κ2) is 5.62. The highest BCUT2D eigenvalue weighted by Crippen LogP contribution is 2.08. The Kier molecular flexibility index (Phi) is 5.53. The Labute approximate surface area is 84.1 Å². The zero-order valence-electron chi connectivity index (χ0n) is 8.22. The number of quaternary nitrogens is 1. The third-order valence-corrected chi connectivity index (χ3v) is 3.12. The standard InChI is InChI=1S/C7H17NO5S/c1-2-8(3-5-9,4-6-10)7-14(11,12)13/h9-10H,2-7H2,1H3. The van der Waals surface area contributed by atoms with E-state index in [2.05, 4.69) is 0 Å². The fourth-order valence-electron chi connectivity index (χ4n) is 1.41. The second-order valence-electron chi connectivity index (χ2n) is 3.24. The molecule has 0 atom stereocenters. The second-order valence-corrected chi connectivity index (χ2v) is 4.61. The minimum Gasteiger partial charge on any atom is -0.744 e. The van der Waals surface area contributed by atoms with Crippen LogP contribution in [0.5, 0.6) is 0 Å². The molecule has 0 unspecified atom stereocenters. The van der Waals surface area contributed by atoms with Crippen molar-refractivity contribution in [3.63, 3.8) is 0 Å². The van der Waals surface area contributed by atoms with Crippen LogP contribution in [0.25, 0.3) is 0 Å². The van der Waals surface area contributed by atoms with E-state index in [1.807, 2.05) is 0 Å². The molecule has 0 fully saturated rings. The molecule has 0 aromatic heterocycles. The molecule has 0 aromatic rings. The van der Waals surface area contributed by atoms with E-state index in [-0.39, 0.29) is 30.8 Å². The summed E-state index contributed by atoms with van der Waals surface area (Å²) >= 11 is 0. The molecule has 0 saturated carbocycles. The molecule has 0 aliphatic heterocycles. The van der Waals surface area contributed by atoms with Crippen molar-refractivity contribution >= 4 is 10.1 Å². The number of rotatable bonds is 7. The Bertz CT molecular complexity index is 245. The lowest BCUT2D eigenvalue weighted by Gasteiger charge is -2.37. The van der Waals surface area contributed by atoms with Crippen molar-refractivity contribution in [1.29, 1.82) is 0 Å². The summed E-state index contributed by atoms with van der Waals surface area (Å²) in [5.41, 5.74) is 0. The van der Waals surface area contributed by atoms with Gasteiger partial charge in [-0.3, -0.25) is 0 Å². The van der Waals surface area contributed by atoms with Crippen LogP contribution in [0.1, 0.15) is 6.92 Å². The van der Waals surface area contributed by atoms with Gasteiger partial charge in [0.25, 0.3) is 0 Å². The fraction of sp³-hybridized carbons (Fsp3) is 1.00. The van der Waals surface area contributed by atoms with E-state index in [1.165, 1.54) is 0 Å². The van der Waals surface area contributed by atoms with Crippen LogP contribution >= 0.6 is 0 Å². The lowest BCUT2D eigenvalue weighted by atomic mass is 10.4. The monoisotopic (exact) mass is 227 g/mol. The molecular formula is C7H17NO5S. The van der Waals surface area contributed by atoms with Crippen LogP contribution in [0.15, 0.2) is 0 Å². The van der Waals surface area contributed by atoms with E-state index < -0.39 is 16.0 Å². The topological polar surface area (TPSA) is 97.7 Å². The Morgan fingerprint density at radius 2 is 1.64 bits per heavy atom. The highest BCUT2D eigenvalue weighted by molar-refractivity contribution is 7.85. The van der Waals surface area contributed by atoms with E-state index in [1.54, 1.807) is 6.92 Å². The van der Waals surface area contributed by atoms with Crippen LogP contribution in [0, 0.1) is 0 Å². The average molecular weight is 227 g/mol. The van der Waals surface area contributed by atoms with Crippen LogP contribution in [0.2, 0.25) is 0 Å². The molecule has 0 saturated heterocycles. The van der Waals surface area contributed by atoms with Gasteiger partial charge in [-0.2, -0.15) is 0 Å². The largest absolute Gasteiger partial charge is 0.744 e. The molecule has 0 bridgehead atoms. The first-order chi connectivity index (χ1) is 6.39. The third kappa shape index (κ3) is 4.87. The van der Waals surface area contributed by atoms with Crippen molar-refractivity contribution in [3.05, 3.63) is 0 Å². The smallest absolute Gasteiger partial charge is 0.169 e. The minimum atomic E-state index is -4.34. The van der Waals surface area contributed by atoms with Gasteiger partial charge in [0.1, 0.15) is 23.2 Å². The summed E-state index contributed by atoms with van der Waals surface area (Å²) in [6.07, 6.45) is 0. The van der Waals surface area contributed by atoms with E-state index in [0.717, 1.165) is 0 Å². The number of aliphatic hydroxyl groups excluding tert-OH is 2. The number of hydrogen-bond acceptors (Lipinski definition) is 5. The maximum Gasteiger partial charge on any atom is 0.169 e. The maximum atomic E-state index is 10.6. The first-order valence-electron chi connectivity index (χ1n) is 4.39. The summed E-state index contributed by atoms with van der Waals surface area (Å²) in [4.78, 5) is 0. The van der Waals surface area contributed by atoms with Gasteiger partial charge in [0, 0.05) is 0 Å². The lowest BCUT2D eigenvalue weighted by molar-refractivity contribution is -0.916. The summed E-state index contributed by atoms with van der Waals surface area (Å²) in [6.45, 7) is 2.03. The summed E-state index contributed by atoms with van der Waals surface area (Å²) in [5.74, 6) is -0.579. The number of nitrogens with zero attached hydrogens (tertiary/aromatic N) is 1. The van der Waals surface area contributed by atoms with Crippen molar-refractivity contribution in [2.75, 3.05) is 38.7 Å². The number of hydrogen-bond donors (Lipinski definition) is 2. The Morgan fingerprint density at radius 3 is 1.86 bits per heavy atom. The molecule has 0 amide bonds. The quantitative estimate of drug-likeness (QED) is 0.399. The molecule has 6 nitrogen and oxygen atoms in total. The lowest BCUT2D eigenvalue weighted by Crippen LogP contribution is -2.54. The summed E-state index contributed by atoms with van der Waals surface area (Å²) in [7, 11) is -4.34. The summed E-state index contributed by atoms with van der Waals surface area (Å²) in [5, 5.41) is 17.5. The fourth-order valence-corrected chi connectivity index (χ4v) is 2.52. The predicted octanol–water partition coefficient (Wildman–Crippen LogP) is -1.69. The number of likely N-dealkylation sites (N-methyl/N-ethyl adjacent to an activating group) is 1. The van der Waals surface area contributed by atoms with Gasteiger partial charge in [-0.05, 0) is 6.92 Å². The van der Waals surface area contributed by atoms with Crippen molar-refractivity contribution in [3.8, 4) is 0 Å². The molecule has 14 heavy (non-hydrogen) atoms. The molecule has 7 heteroatoms. The first kappa shape index (κ1) is 13.8. The normalized spacial score (nSPS) is 13.1. The molecule has 2 N–H and O–H groups in total. The Morgan fingerprint density at radius 1 is 1.21 bits per heavy atom. The van der Waals surface area contributed by atoms with Crippen molar-refractivity contribution < 1.29 is 27.7 Å². The first-order valence-corrected chi connectivity index (χ1v) is 5.97. The molecule has 0 heterocycles. The van der Waals surface area contributed by atoms with E-state index in [0.29, 0.717) is 6.54 Å². The highest BCUT2D eigenvalue weighted by atomic mass is 32.2. The molecule has 0 aliphatic carbocycles. The van der Waals surface area contributed by atoms with Crippen LogP contribution in [-0.2, 0) is 10.1 Å². The molecule has 0 aliphatic rings. The van der Waals surface area contributed by atoms with Crippen molar-refractivity contribution in [2.24, 2.45) is 0 Å². The van der Waals surface area contributed by atoms with Gasteiger partial charge in [0.2, 0.25) is 0 Å². The summed E-state index contributed by atoms with van der Waals surface area (Å²) in [6, 6.07) is 0. The zero-order chi connectivity index (χ0) is 11.2. The van der Waals surface area contributed by atoms with Crippen molar-refractivity contribution in [2.45, 2.75) is 6.92 Å². The number of aliphatic hydroxyl groups is 2. The summed E-state index contributed by atoms with van der Waals surface area (Å²) < 4.78 is 31.8. The molecule has 86 valence electrons. The highest BCUT2D eigenvalue weighted by Gasteiger charge is 2.26.